The molecule has 1 saturated heterocycles. The Kier molecular flexibility index (Phi) is 3.79. The van der Waals surface area contributed by atoms with E-state index in [1.54, 1.807) is 11.8 Å². The van der Waals surface area contributed by atoms with Gasteiger partial charge in [-0.3, -0.25) is 0 Å². The van der Waals surface area contributed by atoms with Crippen LogP contribution in [0.2, 0.25) is 0 Å². The van der Waals surface area contributed by atoms with Gasteiger partial charge in [0, 0.05) is 23.6 Å². The lowest BCUT2D eigenvalue weighted by atomic mass is 10.4. The van der Waals surface area contributed by atoms with Crippen molar-refractivity contribution in [2.75, 3.05) is 18.8 Å². The number of sulfonamides is 1. The summed E-state index contributed by atoms with van der Waals surface area (Å²) in [5.74, 6) is 0.0740. The zero-order chi connectivity index (χ0) is 13.3. The number of rotatable bonds is 2. The Morgan fingerprint density at radius 3 is 2.28 bits per heavy atom. The van der Waals surface area contributed by atoms with E-state index in [2.05, 4.69) is 9.97 Å². The highest BCUT2D eigenvalue weighted by atomic mass is 32.2. The normalized spacial score (nSPS) is 26.1. The first kappa shape index (κ1) is 13.6. The molecule has 0 aliphatic carbocycles. The van der Waals surface area contributed by atoms with Gasteiger partial charge in [0.1, 0.15) is 4.90 Å². The van der Waals surface area contributed by atoms with Crippen molar-refractivity contribution in [3.8, 4) is 0 Å². The van der Waals surface area contributed by atoms with E-state index in [1.807, 2.05) is 13.8 Å². The van der Waals surface area contributed by atoms with Crippen LogP contribution < -0.4 is 5.73 Å². The molecule has 2 unspecified atom stereocenters. The molecule has 18 heavy (non-hydrogen) atoms. The van der Waals surface area contributed by atoms with Crippen LogP contribution in [-0.2, 0) is 10.0 Å². The van der Waals surface area contributed by atoms with E-state index in [9.17, 15) is 8.42 Å². The Labute approximate surface area is 111 Å². The molecule has 2 rings (SSSR count). The molecule has 1 aliphatic rings. The second kappa shape index (κ2) is 5.02. The maximum absolute atomic E-state index is 12.4. The second-order valence-corrected chi connectivity index (χ2v) is 8.18. The molecule has 0 bridgehead atoms. The van der Waals surface area contributed by atoms with Crippen molar-refractivity contribution in [3.05, 3.63) is 12.4 Å². The maximum atomic E-state index is 12.4. The topological polar surface area (TPSA) is 89.2 Å². The van der Waals surface area contributed by atoms with Crippen molar-refractivity contribution in [1.29, 1.82) is 0 Å². The van der Waals surface area contributed by atoms with Gasteiger partial charge in [-0.25, -0.2) is 18.4 Å². The third-order valence-electron chi connectivity index (χ3n) is 2.67. The molecule has 8 heteroatoms. The summed E-state index contributed by atoms with van der Waals surface area (Å²) in [7, 11) is -3.51. The molecular weight excluding hydrogens is 272 g/mol. The number of hydrogen-bond donors (Lipinski definition) is 1. The van der Waals surface area contributed by atoms with Crippen LogP contribution >= 0.6 is 11.8 Å². The molecule has 0 saturated carbocycles. The zero-order valence-electron chi connectivity index (χ0n) is 10.3. The Balaban J connectivity index is 2.28. The lowest BCUT2D eigenvalue weighted by Crippen LogP contribution is -2.43. The standard InChI is InChI=1S/C10H16N4O2S2/c1-7-5-14(6-8(2)17-7)18(15,16)9-3-12-10(11)13-4-9/h3-4,7-8H,5-6H2,1-2H3,(H2,11,12,13). The predicted molar refractivity (Wildman–Crippen MR) is 71.7 cm³/mol. The van der Waals surface area contributed by atoms with Crippen molar-refractivity contribution in [1.82, 2.24) is 14.3 Å². The average molecular weight is 288 g/mol. The zero-order valence-corrected chi connectivity index (χ0v) is 11.9. The molecule has 1 aromatic rings. The number of nitrogen functional groups attached to an aromatic ring is 1. The molecule has 0 amide bonds. The fraction of sp³-hybridized carbons (Fsp3) is 0.600. The molecular formula is C10H16N4O2S2. The summed E-state index contributed by atoms with van der Waals surface area (Å²) in [6.45, 7) is 5.09. The summed E-state index contributed by atoms with van der Waals surface area (Å²) < 4.78 is 26.3. The third-order valence-corrected chi connectivity index (χ3v) is 5.68. The minimum atomic E-state index is -3.51. The van der Waals surface area contributed by atoms with Crippen LogP contribution in [0.3, 0.4) is 0 Å². The van der Waals surface area contributed by atoms with Crippen LogP contribution in [0.5, 0.6) is 0 Å². The van der Waals surface area contributed by atoms with E-state index in [0.29, 0.717) is 23.6 Å². The van der Waals surface area contributed by atoms with Gasteiger partial charge in [0.2, 0.25) is 16.0 Å². The van der Waals surface area contributed by atoms with Crippen LogP contribution in [0.15, 0.2) is 17.3 Å². The monoisotopic (exact) mass is 288 g/mol. The lowest BCUT2D eigenvalue weighted by Gasteiger charge is -2.33. The van der Waals surface area contributed by atoms with Gasteiger partial charge in [-0.15, -0.1) is 0 Å². The van der Waals surface area contributed by atoms with Gasteiger partial charge in [-0.1, -0.05) is 13.8 Å². The van der Waals surface area contributed by atoms with Gasteiger partial charge < -0.3 is 5.73 Å². The average Bonchev–Trinajstić information content (AvgIpc) is 2.28. The van der Waals surface area contributed by atoms with Gasteiger partial charge in [0.05, 0.1) is 12.4 Å². The molecule has 1 aliphatic heterocycles. The van der Waals surface area contributed by atoms with E-state index < -0.39 is 10.0 Å². The minimum Gasteiger partial charge on any atom is -0.368 e. The summed E-state index contributed by atoms with van der Waals surface area (Å²) in [6, 6.07) is 0. The Bertz CT molecular complexity index is 507. The smallest absolute Gasteiger partial charge is 0.246 e. The van der Waals surface area contributed by atoms with E-state index >= 15 is 0 Å². The quantitative estimate of drug-likeness (QED) is 0.856. The summed E-state index contributed by atoms with van der Waals surface area (Å²) in [5, 5.41) is 0.580. The fourth-order valence-electron chi connectivity index (χ4n) is 1.94. The van der Waals surface area contributed by atoms with Crippen molar-refractivity contribution in [2.45, 2.75) is 29.2 Å². The SMILES string of the molecule is CC1CN(S(=O)(=O)c2cnc(N)nc2)CC(C)S1. The third kappa shape index (κ3) is 2.76. The van der Waals surface area contributed by atoms with Crippen molar-refractivity contribution < 1.29 is 8.42 Å². The van der Waals surface area contributed by atoms with Gasteiger partial charge in [-0.2, -0.15) is 16.1 Å². The van der Waals surface area contributed by atoms with E-state index in [-0.39, 0.29) is 10.8 Å². The Hall–Kier alpha value is -0.860. The van der Waals surface area contributed by atoms with Crippen LogP contribution in [-0.4, -0.2) is 46.3 Å². The largest absolute Gasteiger partial charge is 0.368 e. The maximum Gasteiger partial charge on any atom is 0.246 e. The van der Waals surface area contributed by atoms with Gasteiger partial charge >= 0.3 is 0 Å². The molecule has 100 valence electrons. The number of nitrogens with two attached hydrogens (primary N) is 1. The van der Waals surface area contributed by atoms with Crippen LogP contribution in [0.25, 0.3) is 0 Å². The van der Waals surface area contributed by atoms with Gasteiger partial charge in [0.25, 0.3) is 0 Å². The van der Waals surface area contributed by atoms with Gasteiger partial charge in [0.15, 0.2) is 0 Å². The lowest BCUT2D eigenvalue weighted by molar-refractivity contribution is 0.404. The summed E-state index contributed by atoms with van der Waals surface area (Å²) in [6.07, 6.45) is 2.52. The molecule has 2 N–H and O–H groups in total. The van der Waals surface area contributed by atoms with Crippen molar-refractivity contribution in [3.63, 3.8) is 0 Å². The summed E-state index contributed by atoms with van der Waals surface area (Å²) in [4.78, 5) is 7.57. The molecule has 2 atom stereocenters. The number of thioether (sulfide) groups is 1. The number of anilines is 1. The highest BCUT2D eigenvalue weighted by Gasteiger charge is 2.32. The first-order valence-electron chi connectivity index (χ1n) is 5.62. The summed E-state index contributed by atoms with van der Waals surface area (Å²) >= 11 is 1.80. The molecule has 1 fully saturated rings. The van der Waals surface area contributed by atoms with Crippen LogP contribution in [0.1, 0.15) is 13.8 Å². The number of aromatic nitrogens is 2. The fourth-order valence-corrected chi connectivity index (χ4v) is 4.96. The number of nitrogens with zero attached hydrogens (tertiary/aromatic N) is 3. The summed E-state index contributed by atoms with van der Waals surface area (Å²) in [5.41, 5.74) is 5.36. The Morgan fingerprint density at radius 1 is 1.28 bits per heavy atom. The minimum absolute atomic E-state index is 0.0740. The molecule has 0 spiro atoms. The van der Waals surface area contributed by atoms with E-state index in [0.717, 1.165) is 0 Å². The molecule has 6 nitrogen and oxygen atoms in total. The first-order chi connectivity index (χ1) is 8.39. The highest BCUT2D eigenvalue weighted by Crippen LogP contribution is 2.28. The molecule has 0 aromatic carbocycles. The van der Waals surface area contributed by atoms with Crippen molar-refractivity contribution in [2.24, 2.45) is 0 Å². The number of hydrogen-bond acceptors (Lipinski definition) is 6. The molecule has 1 aromatic heterocycles. The van der Waals surface area contributed by atoms with E-state index in [4.69, 9.17) is 5.73 Å². The predicted octanol–water partition coefficient (Wildman–Crippen LogP) is 0.573. The Morgan fingerprint density at radius 2 is 1.78 bits per heavy atom. The van der Waals surface area contributed by atoms with Crippen molar-refractivity contribution >= 4 is 27.7 Å². The molecule has 2 heterocycles. The van der Waals surface area contributed by atoms with Crippen LogP contribution in [0.4, 0.5) is 5.95 Å². The highest BCUT2D eigenvalue weighted by molar-refractivity contribution is 8.00. The van der Waals surface area contributed by atoms with Gasteiger partial charge in [-0.05, 0) is 0 Å². The van der Waals surface area contributed by atoms with Crippen LogP contribution in [0, 0.1) is 0 Å². The molecule has 0 radical (unpaired) electrons. The first-order valence-corrected chi connectivity index (χ1v) is 8.01. The van der Waals surface area contributed by atoms with E-state index in [1.165, 1.54) is 16.7 Å². The second-order valence-electron chi connectivity index (χ2n) is 4.36.